The van der Waals surface area contributed by atoms with E-state index in [2.05, 4.69) is 6.92 Å². The molecule has 30 nitrogen and oxygen atoms in total. The Bertz CT molecular complexity index is 2630. The van der Waals surface area contributed by atoms with E-state index in [4.69, 9.17) is 47.4 Å². The Morgan fingerprint density at radius 3 is 1.80 bits per heavy atom. The van der Waals surface area contributed by atoms with Crippen molar-refractivity contribution in [3.05, 3.63) is 11.6 Å². The van der Waals surface area contributed by atoms with E-state index < -0.39 is 247 Å². The quantitative estimate of drug-likeness (QED) is 0.0443. The number of aliphatic hydroxyl groups excluding tert-OH is 14. The van der Waals surface area contributed by atoms with E-state index in [-0.39, 0.29) is 25.7 Å². The van der Waals surface area contributed by atoms with Gasteiger partial charge in [-0.25, -0.2) is 4.79 Å². The van der Waals surface area contributed by atoms with Gasteiger partial charge in [0.05, 0.1) is 49.7 Å². The molecule has 0 aromatic rings. The van der Waals surface area contributed by atoms with Crippen LogP contribution in [0.2, 0.25) is 0 Å². The number of carbonyl (C=O) groups is 3. The predicted octanol–water partition coefficient (Wildman–Crippen LogP) is -4.42. The molecule has 0 bridgehead atoms. The molecule has 0 amide bonds. The highest BCUT2D eigenvalue weighted by atomic mass is 16.8. The summed E-state index contributed by atoms with van der Waals surface area (Å²) in [6, 6.07) is 0. The highest BCUT2D eigenvalue weighted by Crippen LogP contribution is 2.76. The fourth-order valence-electron chi connectivity index (χ4n) is 17.7. The summed E-state index contributed by atoms with van der Waals surface area (Å²) in [5.41, 5.74) is -8.22. The second kappa shape index (κ2) is 24.4. The monoisotopic (exact) mass is 1280 g/mol. The van der Waals surface area contributed by atoms with Gasteiger partial charge in [0.25, 0.3) is 0 Å². The van der Waals surface area contributed by atoms with E-state index in [1.807, 2.05) is 33.8 Å². The Morgan fingerprint density at radius 1 is 0.607 bits per heavy atom. The van der Waals surface area contributed by atoms with E-state index in [0.29, 0.717) is 25.7 Å². The number of carboxylic acids is 2. The van der Waals surface area contributed by atoms with Crippen molar-refractivity contribution < 1.29 is 149 Å². The SMILES string of the molecule is CC1OC(OC2C(OC(=O)C34CCC(C)(C)CC3C3=CCC5C6(C)CC(O)C(OC7OC(C(=O)O)C(O)C(O)C7O)C(C)(C(=O)O)C6CCC5(C)C3(C)CC4O)OC(C)C(O)C2OC2OCC(O)(CO)C2O)C(O)C(OC2OC(CO)C(O)C(O)C2O)C1O. The highest BCUT2D eigenvalue weighted by Gasteiger charge is 2.75. The lowest BCUT2D eigenvalue weighted by molar-refractivity contribution is -0.386. The Hall–Kier alpha value is -2.81. The molecule has 0 radical (unpaired) electrons. The average Bonchev–Trinajstić information content (AvgIpc) is 1.35. The van der Waals surface area contributed by atoms with Gasteiger partial charge in [-0.05, 0) is 112 Å². The van der Waals surface area contributed by atoms with Gasteiger partial charge in [-0.15, -0.1) is 0 Å². The molecule has 0 aromatic heterocycles. The number of allylic oxidation sites excluding steroid dienone is 2. The first-order chi connectivity index (χ1) is 41.4. The lowest BCUT2D eigenvalue weighted by Gasteiger charge is -2.71. The number of fused-ring (bicyclic) bond motifs is 7. The molecule has 5 saturated heterocycles. The van der Waals surface area contributed by atoms with Crippen LogP contribution < -0.4 is 0 Å². The molecule has 10 rings (SSSR count). The molecule has 10 aliphatic rings. The molecule has 34 atom stereocenters. The molecule has 508 valence electrons. The Morgan fingerprint density at radius 2 is 1.19 bits per heavy atom. The van der Waals surface area contributed by atoms with Crippen LogP contribution in [0, 0.1) is 50.2 Å². The number of hydrogen-bond donors (Lipinski definition) is 17. The van der Waals surface area contributed by atoms with Crippen LogP contribution in [-0.2, 0) is 61.8 Å². The van der Waals surface area contributed by atoms with Gasteiger partial charge >= 0.3 is 17.9 Å². The minimum Gasteiger partial charge on any atom is -0.481 e. The fourth-order valence-corrected chi connectivity index (χ4v) is 17.7. The first-order valence-electron chi connectivity index (χ1n) is 30.8. The number of carbonyl (C=O) groups excluding carboxylic acids is 1. The summed E-state index contributed by atoms with van der Waals surface area (Å²) in [6.45, 7) is 11.8. The normalized spacial score (nSPS) is 54.8. The lowest BCUT2D eigenvalue weighted by Crippen LogP contribution is -2.71. The smallest absolute Gasteiger partial charge is 0.335 e. The summed E-state index contributed by atoms with van der Waals surface area (Å²) in [7, 11) is 0. The molecule has 5 heterocycles. The molecule has 5 aliphatic heterocycles. The van der Waals surface area contributed by atoms with Crippen LogP contribution in [0.15, 0.2) is 11.6 Å². The lowest BCUT2D eigenvalue weighted by atomic mass is 9.33. The molecular formula is C59H92O30. The van der Waals surface area contributed by atoms with E-state index in [1.165, 1.54) is 20.8 Å². The van der Waals surface area contributed by atoms with Crippen LogP contribution in [0.4, 0.5) is 0 Å². The van der Waals surface area contributed by atoms with Gasteiger partial charge in [0, 0.05) is 0 Å². The van der Waals surface area contributed by atoms with Crippen molar-refractivity contribution in [1.29, 1.82) is 0 Å². The second-order valence-electron chi connectivity index (χ2n) is 28.8. The fraction of sp³-hybridized carbons (Fsp3) is 0.915. The van der Waals surface area contributed by atoms with Crippen molar-refractivity contribution in [2.24, 2.45) is 50.2 Å². The van der Waals surface area contributed by atoms with Gasteiger partial charge in [-0.3, -0.25) is 9.59 Å². The minimum absolute atomic E-state index is 0.0337. The highest BCUT2D eigenvalue weighted by molar-refractivity contribution is 5.80. The van der Waals surface area contributed by atoms with E-state index in [1.54, 1.807) is 0 Å². The van der Waals surface area contributed by atoms with Gasteiger partial charge < -0.3 is 134 Å². The van der Waals surface area contributed by atoms with Crippen LogP contribution in [0.1, 0.15) is 107 Å². The third kappa shape index (κ3) is 10.9. The van der Waals surface area contributed by atoms with Crippen LogP contribution in [0.5, 0.6) is 0 Å². The molecule has 0 spiro atoms. The predicted molar refractivity (Wildman–Crippen MR) is 292 cm³/mol. The maximum atomic E-state index is 15.9. The maximum absolute atomic E-state index is 15.9. The number of hydrogen-bond acceptors (Lipinski definition) is 28. The van der Waals surface area contributed by atoms with Gasteiger partial charge in [0.15, 0.2) is 37.4 Å². The molecule has 17 N–H and O–H groups in total. The number of carboxylic acid groups (broad SMARTS) is 2. The van der Waals surface area contributed by atoms with Crippen molar-refractivity contribution in [3.63, 3.8) is 0 Å². The number of aliphatic hydroxyl groups is 15. The van der Waals surface area contributed by atoms with Crippen LogP contribution in [0.25, 0.3) is 0 Å². The number of esters is 1. The minimum atomic E-state index is -2.24. The molecule has 34 unspecified atom stereocenters. The van der Waals surface area contributed by atoms with E-state index in [9.17, 15) is 96.4 Å². The van der Waals surface area contributed by atoms with Crippen molar-refractivity contribution in [2.75, 3.05) is 19.8 Å². The van der Waals surface area contributed by atoms with Gasteiger partial charge in [-0.1, -0.05) is 46.3 Å². The van der Waals surface area contributed by atoms with Crippen molar-refractivity contribution in [1.82, 2.24) is 0 Å². The second-order valence-corrected chi connectivity index (χ2v) is 28.8. The van der Waals surface area contributed by atoms with Crippen molar-refractivity contribution in [3.8, 4) is 0 Å². The van der Waals surface area contributed by atoms with Gasteiger partial charge in [0.1, 0.15) is 96.5 Å². The molecular weight excluding hydrogens is 1190 g/mol. The third-order valence-electron chi connectivity index (χ3n) is 23.3. The first-order valence-corrected chi connectivity index (χ1v) is 30.8. The number of rotatable bonds is 14. The summed E-state index contributed by atoms with van der Waals surface area (Å²) in [4.78, 5) is 41.8. The maximum Gasteiger partial charge on any atom is 0.335 e. The molecule has 9 fully saturated rings. The Balaban J connectivity index is 0.970. The Kier molecular flexibility index (Phi) is 19.0. The largest absolute Gasteiger partial charge is 0.481 e. The van der Waals surface area contributed by atoms with Crippen LogP contribution in [-0.4, -0.2) is 284 Å². The summed E-state index contributed by atoms with van der Waals surface area (Å²) in [5.74, 6) is -5.92. The summed E-state index contributed by atoms with van der Waals surface area (Å²) < 4.78 is 59.8. The number of ether oxygens (including phenoxy) is 10. The topological polar surface area (TPSA) is 487 Å². The molecule has 30 heteroatoms. The zero-order valence-electron chi connectivity index (χ0n) is 50.9. The van der Waals surface area contributed by atoms with E-state index in [0.717, 1.165) is 5.57 Å². The summed E-state index contributed by atoms with van der Waals surface area (Å²) >= 11 is 0. The van der Waals surface area contributed by atoms with Crippen molar-refractivity contribution >= 4 is 17.9 Å². The van der Waals surface area contributed by atoms with Crippen molar-refractivity contribution in [2.45, 2.75) is 266 Å². The van der Waals surface area contributed by atoms with Gasteiger partial charge in [0.2, 0.25) is 6.29 Å². The molecule has 5 aliphatic carbocycles. The van der Waals surface area contributed by atoms with Crippen LogP contribution >= 0.6 is 0 Å². The zero-order valence-corrected chi connectivity index (χ0v) is 50.9. The standard InChI is InChI=1S/C59H92O30/c1-21-30(64)39(84-46-36(70)33(67)32(66)26(18-60)83-46)38(72)48(81-21)87-42-40(85-50-43(73)58(79,19-61)20-80-50)31(65)22(2)82-49(42)89-52(78)59-14-13-53(3,4)15-24(59)23-9-10-27-54(5)16-25(62)44(88-47-37(71)34(68)35(69)41(86-47)45(74)75)57(8,51(76)77)28(54)11-12-55(27,6)56(23,7)17-29(59)63/h9,21-22,24-44,46-50,60-73,79H,10-20H2,1-8H3,(H,74,75)(H,76,77). The third-order valence-corrected chi connectivity index (χ3v) is 23.3. The molecule has 0 aromatic carbocycles. The number of aliphatic carboxylic acids is 2. The molecule has 4 saturated carbocycles. The Labute approximate surface area is 512 Å². The summed E-state index contributed by atoms with van der Waals surface area (Å²) in [6.07, 6.45) is -41.6. The average molecular weight is 1280 g/mol. The molecule has 89 heavy (non-hydrogen) atoms. The zero-order chi connectivity index (χ0) is 65.5. The van der Waals surface area contributed by atoms with E-state index >= 15 is 4.79 Å². The first kappa shape index (κ1) is 69.0. The summed E-state index contributed by atoms with van der Waals surface area (Å²) in [5, 5.41) is 188. The van der Waals surface area contributed by atoms with Gasteiger partial charge in [-0.2, -0.15) is 0 Å². The van der Waals surface area contributed by atoms with Crippen LogP contribution in [0.3, 0.4) is 0 Å².